The lowest BCUT2D eigenvalue weighted by atomic mass is 9.82. The van der Waals surface area contributed by atoms with Gasteiger partial charge < -0.3 is 4.74 Å². The first-order valence-corrected chi connectivity index (χ1v) is 9.44. The Morgan fingerprint density at radius 2 is 1.79 bits per heavy atom. The second-order valence-electron chi connectivity index (χ2n) is 6.59. The van der Waals surface area contributed by atoms with Crippen LogP contribution in [0, 0.1) is 11.6 Å². The minimum absolute atomic E-state index is 0.220. The van der Waals surface area contributed by atoms with Gasteiger partial charge in [0.05, 0.1) is 12.7 Å². The van der Waals surface area contributed by atoms with Gasteiger partial charge in [-0.25, -0.2) is 8.78 Å². The van der Waals surface area contributed by atoms with E-state index in [1.165, 1.54) is 5.54 Å². The van der Waals surface area contributed by atoms with Crippen LogP contribution in [0.4, 0.5) is 8.78 Å². The standard InChI is InChI=1S/C20H27ClF2O/c1-2-3-4-6-18-19(22)13-16(14-20(18)23)15-7-9-17(10-8-15)24-12-5-11-21/h5,11,13-15,17H,2-4,6-10,12H2,1H3. The number of benzene rings is 1. The zero-order valence-electron chi connectivity index (χ0n) is 14.4. The van der Waals surface area contributed by atoms with E-state index in [2.05, 4.69) is 6.92 Å². The van der Waals surface area contributed by atoms with Gasteiger partial charge in [-0.1, -0.05) is 31.4 Å². The molecule has 0 radical (unpaired) electrons. The quantitative estimate of drug-likeness (QED) is 0.483. The average molecular weight is 357 g/mol. The molecule has 1 aromatic carbocycles. The monoisotopic (exact) mass is 356 g/mol. The van der Waals surface area contributed by atoms with Crippen LogP contribution in [-0.2, 0) is 11.2 Å². The van der Waals surface area contributed by atoms with E-state index in [0.717, 1.165) is 50.5 Å². The molecular weight excluding hydrogens is 330 g/mol. The highest BCUT2D eigenvalue weighted by Gasteiger charge is 2.24. The van der Waals surface area contributed by atoms with Crippen molar-refractivity contribution in [1.82, 2.24) is 0 Å². The molecule has 0 spiro atoms. The number of ether oxygens (including phenoxy) is 1. The van der Waals surface area contributed by atoms with Crippen LogP contribution in [0.1, 0.15) is 68.9 Å². The lowest BCUT2D eigenvalue weighted by molar-refractivity contribution is 0.0423. The van der Waals surface area contributed by atoms with Crippen LogP contribution in [0.2, 0.25) is 0 Å². The van der Waals surface area contributed by atoms with Gasteiger partial charge in [-0.15, -0.1) is 0 Å². The Kier molecular flexibility index (Phi) is 8.20. The molecule has 1 saturated carbocycles. The number of hydrogen-bond donors (Lipinski definition) is 0. The van der Waals surface area contributed by atoms with Gasteiger partial charge in [-0.05, 0) is 68.2 Å². The van der Waals surface area contributed by atoms with E-state index in [1.54, 1.807) is 18.2 Å². The van der Waals surface area contributed by atoms with Crippen molar-refractivity contribution in [2.75, 3.05) is 6.61 Å². The third-order valence-corrected chi connectivity index (χ3v) is 5.03. The summed E-state index contributed by atoms with van der Waals surface area (Å²) in [6, 6.07) is 3.10. The summed E-state index contributed by atoms with van der Waals surface area (Å²) in [7, 11) is 0. The Hall–Kier alpha value is -0.930. The predicted molar refractivity (Wildman–Crippen MR) is 95.5 cm³/mol. The predicted octanol–water partition coefficient (Wildman–Crippen LogP) is 6.49. The summed E-state index contributed by atoms with van der Waals surface area (Å²) in [5, 5.41) is 0. The van der Waals surface area contributed by atoms with Crippen LogP contribution in [0.15, 0.2) is 23.7 Å². The first-order valence-electron chi connectivity index (χ1n) is 9.00. The van der Waals surface area contributed by atoms with Gasteiger partial charge in [0.15, 0.2) is 0 Å². The first-order chi connectivity index (χ1) is 11.7. The zero-order valence-corrected chi connectivity index (χ0v) is 15.1. The smallest absolute Gasteiger partial charge is 0.129 e. The van der Waals surface area contributed by atoms with E-state index < -0.39 is 0 Å². The van der Waals surface area contributed by atoms with E-state index in [1.807, 2.05) is 0 Å². The van der Waals surface area contributed by atoms with E-state index in [-0.39, 0.29) is 29.2 Å². The molecule has 1 aromatic rings. The maximum absolute atomic E-state index is 14.3. The van der Waals surface area contributed by atoms with E-state index in [9.17, 15) is 8.78 Å². The normalized spacial score (nSPS) is 21.5. The maximum Gasteiger partial charge on any atom is 0.129 e. The highest BCUT2D eigenvalue weighted by Crippen LogP contribution is 2.35. The van der Waals surface area contributed by atoms with E-state index in [4.69, 9.17) is 16.3 Å². The molecule has 1 aliphatic rings. The Balaban J connectivity index is 1.93. The fourth-order valence-electron chi connectivity index (χ4n) is 3.44. The van der Waals surface area contributed by atoms with Crippen LogP contribution in [-0.4, -0.2) is 12.7 Å². The second-order valence-corrected chi connectivity index (χ2v) is 6.84. The summed E-state index contributed by atoms with van der Waals surface area (Å²) in [4.78, 5) is 0. The first kappa shape index (κ1) is 19.4. The van der Waals surface area contributed by atoms with Crippen molar-refractivity contribution in [3.8, 4) is 0 Å². The SMILES string of the molecule is CCCCCc1c(F)cc(C2CCC(OCC=CCl)CC2)cc1F. The molecule has 24 heavy (non-hydrogen) atoms. The highest BCUT2D eigenvalue weighted by atomic mass is 35.5. The third-order valence-electron chi connectivity index (χ3n) is 4.86. The molecule has 0 N–H and O–H groups in total. The molecular formula is C20H27ClF2O. The van der Waals surface area contributed by atoms with Gasteiger partial charge in [0.1, 0.15) is 11.6 Å². The number of halogens is 3. The number of hydrogen-bond acceptors (Lipinski definition) is 1. The van der Waals surface area contributed by atoms with Gasteiger partial charge in [0, 0.05) is 11.1 Å². The molecule has 0 bridgehead atoms. The molecule has 2 rings (SSSR count). The van der Waals surface area contributed by atoms with Crippen LogP contribution in [0.3, 0.4) is 0 Å². The van der Waals surface area contributed by atoms with Crippen molar-refractivity contribution in [3.63, 3.8) is 0 Å². The van der Waals surface area contributed by atoms with Gasteiger partial charge in [-0.3, -0.25) is 0 Å². The van der Waals surface area contributed by atoms with Crippen molar-refractivity contribution in [2.24, 2.45) is 0 Å². The molecule has 1 aliphatic carbocycles. The van der Waals surface area contributed by atoms with Gasteiger partial charge in [0.25, 0.3) is 0 Å². The fourth-order valence-corrected chi connectivity index (χ4v) is 3.51. The summed E-state index contributed by atoms with van der Waals surface area (Å²) < 4.78 is 34.3. The van der Waals surface area contributed by atoms with Crippen LogP contribution in [0.5, 0.6) is 0 Å². The van der Waals surface area contributed by atoms with Crippen molar-refractivity contribution in [1.29, 1.82) is 0 Å². The second kappa shape index (κ2) is 10.1. The van der Waals surface area contributed by atoms with Crippen LogP contribution in [0.25, 0.3) is 0 Å². The van der Waals surface area contributed by atoms with Crippen molar-refractivity contribution < 1.29 is 13.5 Å². The molecule has 1 fully saturated rings. The molecule has 0 saturated heterocycles. The Labute approximate surface area is 149 Å². The summed E-state index contributed by atoms with van der Waals surface area (Å²) in [6.45, 7) is 2.61. The van der Waals surface area contributed by atoms with Gasteiger partial charge in [-0.2, -0.15) is 0 Å². The minimum Gasteiger partial charge on any atom is -0.374 e. The van der Waals surface area contributed by atoms with Crippen LogP contribution < -0.4 is 0 Å². The molecule has 4 heteroatoms. The highest BCUT2D eigenvalue weighted by molar-refractivity contribution is 6.25. The van der Waals surface area contributed by atoms with E-state index >= 15 is 0 Å². The summed E-state index contributed by atoms with van der Waals surface area (Å²) in [5.41, 5.74) is 2.50. The molecule has 0 amide bonds. The molecule has 0 heterocycles. The van der Waals surface area contributed by atoms with Crippen molar-refractivity contribution in [2.45, 2.75) is 70.3 Å². The average Bonchev–Trinajstić information content (AvgIpc) is 2.58. The van der Waals surface area contributed by atoms with Crippen molar-refractivity contribution >= 4 is 11.6 Å². The molecule has 1 nitrogen and oxygen atoms in total. The number of rotatable bonds is 8. The largest absolute Gasteiger partial charge is 0.374 e. The van der Waals surface area contributed by atoms with Crippen molar-refractivity contribution in [3.05, 3.63) is 46.5 Å². The maximum atomic E-state index is 14.3. The lowest BCUT2D eigenvalue weighted by Gasteiger charge is -2.28. The number of unbranched alkanes of at least 4 members (excludes halogenated alkanes) is 2. The van der Waals surface area contributed by atoms with Gasteiger partial charge >= 0.3 is 0 Å². The fraction of sp³-hybridized carbons (Fsp3) is 0.600. The van der Waals surface area contributed by atoms with Crippen LogP contribution >= 0.6 is 11.6 Å². The molecule has 134 valence electrons. The minimum atomic E-state index is -0.383. The molecule has 0 aliphatic heterocycles. The third kappa shape index (κ3) is 5.56. The zero-order chi connectivity index (χ0) is 17.4. The molecule has 0 aromatic heterocycles. The topological polar surface area (TPSA) is 9.23 Å². The summed E-state index contributed by atoms with van der Waals surface area (Å²) >= 11 is 5.47. The Morgan fingerprint density at radius 3 is 2.38 bits per heavy atom. The molecule has 0 unspecified atom stereocenters. The summed E-state index contributed by atoms with van der Waals surface area (Å²) in [5.74, 6) is -0.541. The lowest BCUT2D eigenvalue weighted by Crippen LogP contribution is -2.21. The van der Waals surface area contributed by atoms with E-state index in [0.29, 0.717) is 13.0 Å². The van der Waals surface area contributed by atoms with Gasteiger partial charge in [0.2, 0.25) is 0 Å². The molecule has 0 atom stereocenters. The Bertz CT molecular complexity index is 513. The summed E-state index contributed by atoms with van der Waals surface area (Å²) in [6.07, 6.45) is 9.02. The Morgan fingerprint density at radius 1 is 1.12 bits per heavy atom.